The van der Waals surface area contributed by atoms with Gasteiger partial charge in [-0.3, -0.25) is 0 Å². The van der Waals surface area contributed by atoms with Crippen molar-refractivity contribution in [2.75, 3.05) is 19.8 Å². The van der Waals surface area contributed by atoms with Crippen molar-refractivity contribution in [1.29, 1.82) is 0 Å². The average molecular weight is 183 g/mol. The van der Waals surface area contributed by atoms with Crippen LogP contribution in [0.25, 0.3) is 0 Å². The van der Waals surface area contributed by atoms with Crippen molar-refractivity contribution in [2.24, 2.45) is 5.92 Å². The van der Waals surface area contributed by atoms with E-state index in [1.165, 1.54) is 32.1 Å². The van der Waals surface area contributed by atoms with Crippen LogP contribution in [0.4, 0.5) is 0 Å². The molecule has 1 saturated heterocycles. The lowest BCUT2D eigenvalue weighted by molar-refractivity contribution is -0.0218. The van der Waals surface area contributed by atoms with Gasteiger partial charge in [-0.1, -0.05) is 26.2 Å². The van der Waals surface area contributed by atoms with E-state index in [1.807, 2.05) is 0 Å². The van der Waals surface area contributed by atoms with Gasteiger partial charge in [0.2, 0.25) is 0 Å². The maximum atomic E-state index is 5.63. The van der Waals surface area contributed by atoms with Crippen LogP contribution in [-0.4, -0.2) is 25.3 Å². The first-order valence-electron chi connectivity index (χ1n) is 5.70. The Morgan fingerprint density at radius 3 is 3.08 bits per heavy atom. The van der Waals surface area contributed by atoms with Gasteiger partial charge in [0.05, 0.1) is 13.2 Å². The van der Waals surface area contributed by atoms with Crippen LogP contribution < -0.4 is 5.32 Å². The summed E-state index contributed by atoms with van der Waals surface area (Å²) < 4.78 is 5.63. The van der Waals surface area contributed by atoms with E-state index < -0.39 is 0 Å². The molecular weight excluding hydrogens is 162 g/mol. The van der Waals surface area contributed by atoms with Crippen molar-refractivity contribution in [3.05, 3.63) is 0 Å². The third-order valence-electron chi connectivity index (χ3n) is 3.78. The number of nitrogens with one attached hydrogen (secondary N) is 1. The average Bonchev–Trinajstić information content (AvgIpc) is 2.20. The van der Waals surface area contributed by atoms with Crippen molar-refractivity contribution in [2.45, 2.75) is 44.6 Å². The van der Waals surface area contributed by atoms with Gasteiger partial charge >= 0.3 is 0 Å². The molecule has 2 nitrogen and oxygen atoms in total. The van der Waals surface area contributed by atoms with Gasteiger partial charge in [-0.15, -0.1) is 0 Å². The second-order valence-electron chi connectivity index (χ2n) is 4.49. The molecular formula is C11H21NO. The summed E-state index contributed by atoms with van der Waals surface area (Å²) >= 11 is 0. The van der Waals surface area contributed by atoms with Crippen LogP contribution in [0.3, 0.4) is 0 Å². The first kappa shape index (κ1) is 9.47. The van der Waals surface area contributed by atoms with Crippen LogP contribution in [-0.2, 0) is 4.74 Å². The zero-order chi connectivity index (χ0) is 9.15. The number of hydrogen-bond acceptors (Lipinski definition) is 2. The monoisotopic (exact) mass is 183 g/mol. The van der Waals surface area contributed by atoms with Crippen molar-refractivity contribution < 1.29 is 4.74 Å². The summed E-state index contributed by atoms with van der Waals surface area (Å²) in [5, 5.41) is 3.71. The van der Waals surface area contributed by atoms with Gasteiger partial charge in [-0.05, 0) is 18.8 Å². The molecule has 0 aromatic carbocycles. The number of ether oxygens (including phenoxy) is 1. The summed E-state index contributed by atoms with van der Waals surface area (Å²) in [7, 11) is 0. The Morgan fingerprint density at radius 2 is 2.38 bits per heavy atom. The predicted octanol–water partition coefficient (Wildman–Crippen LogP) is 1.95. The topological polar surface area (TPSA) is 21.3 Å². The lowest BCUT2D eigenvalue weighted by Gasteiger charge is -2.47. The zero-order valence-corrected chi connectivity index (χ0v) is 8.64. The minimum atomic E-state index is 0.352. The van der Waals surface area contributed by atoms with Gasteiger partial charge in [0.15, 0.2) is 0 Å². The van der Waals surface area contributed by atoms with E-state index in [1.54, 1.807) is 0 Å². The normalized spacial score (nSPS) is 40.8. The Labute approximate surface area is 81.0 Å². The largest absolute Gasteiger partial charge is 0.378 e. The molecule has 1 heterocycles. The fraction of sp³-hybridized carbons (Fsp3) is 1.00. The van der Waals surface area contributed by atoms with E-state index in [0.29, 0.717) is 5.54 Å². The molecule has 1 N–H and O–H groups in total. The molecule has 1 aliphatic carbocycles. The SMILES string of the molecule is CCC1CCCCC12COCCN2. The highest BCUT2D eigenvalue weighted by Gasteiger charge is 2.40. The Morgan fingerprint density at radius 1 is 1.46 bits per heavy atom. The van der Waals surface area contributed by atoms with E-state index in [0.717, 1.165) is 25.7 Å². The van der Waals surface area contributed by atoms with Gasteiger partial charge in [-0.25, -0.2) is 0 Å². The molecule has 0 radical (unpaired) electrons. The molecule has 1 aliphatic heterocycles. The molecule has 2 aliphatic rings. The maximum Gasteiger partial charge on any atom is 0.0651 e. The minimum absolute atomic E-state index is 0.352. The standard InChI is InChI=1S/C11H21NO/c1-2-10-5-3-4-6-11(10)9-13-8-7-12-11/h10,12H,2-9H2,1H3. The molecule has 2 unspecified atom stereocenters. The number of hydrogen-bond donors (Lipinski definition) is 1. The van der Waals surface area contributed by atoms with E-state index in [4.69, 9.17) is 4.74 Å². The van der Waals surface area contributed by atoms with Crippen molar-refractivity contribution in [3.63, 3.8) is 0 Å². The Hall–Kier alpha value is -0.0800. The molecule has 2 atom stereocenters. The van der Waals surface area contributed by atoms with Gasteiger partial charge < -0.3 is 10.1 Å². The molecule has 0 aromatic rings. The summed E-state index contributed by atoms with van der Waals surface area (Å²) in [6.07, 6.45) is 6.82. The van der Waals surface area contributed by atoms with Crippen LogP contribution in [0.5, 0.6) is 0 Å². The molecule has 1 saturated carbocycles. The Kier molecular flexibility index (Phi) is 2.89. The highest BCUT2D eigenvalue weighted by atomic mass is 16.5. The number of morpholine rings is 1. The van der Waals surface area contributed by atoms with E-state index in [9.17, 15) is 0 Å². The van der Waals surface area contributed by atoms with Crippen LogP contribution in [0.1, 0.15) is 39.0 Å². The second-order valence-corrected chi connectivity index (χ2v) is 4.49. The first-order valence-corrected chi connectivity index (χ1v) is 5.70. The quantitative estimate of drug-likeness (QED) is 0.671. The molecule has 2 rings (SSSR count). The molecule has 2 fully saturated rings. The third kappa shape index (κ3) is 1.75. The molecule has 76 valence electrons. The summed E-state index contributed by atoms with van der Waals surface area (Å²) in [5.74, 6) is 0.849. The molecule has 2 heteroatoms. The van der Waals surface area contributed by atoms with Gasteiger partial charge in [0.1, 0.15) is 0 Å². The van der Waals surface area contributed by atoms with E-state index >= 15 is 0 Å². The highest BCUT2D eigenvalue weighted by molar-refractivity contribution is 4.98. The third-order valence-corrected chi connectivity index (χ3v) is 3.78. The molecule has 13 heavy (non-hydrogen) atoms. The van der Waals surface area contributed by atoms with Crippen LogP contribution >= 0.6 is 0 Å². The smallest absolute Gasteiger partial charge is 0.0651 e. The Balaban J connectivity index is 2.06. The van der Waals surface area contributed by atoms with Crippen LogP contribution in [0.2, 0.25) is 0 Å². The summed E-state index contributed by atoms with van der Waals surface area (Å²) in [6.45, 7) is 5.22. The zero-order valence-electron chi connectivity index (χ0n) is 8.64. The fourth-order valence-electron chi connectivity index (χ4n) is 3.01. The van der Waals surface area contributed by atoms with E-state index in [2.05, 4.69) is 12.2 Å². The fourth-order valence-corrected chi connectivity index (χ4v) is 3.01. The van der Waals surface area contributed by atoms with Crippen LogP contribution in [0.15, 0.2) is 0 Å². The van der Waals surface area contributed by atoms with Crippen LogP contribution in [0, 0.1) is 5.92 Å². The maximum absolute atomic E-state index is 5.63. The van der Waals surface area contributed by atoms with Crippen molar-refractivity contribution >= 4 is 0 Å². The summed E-state index contributed by atoms with van der Waals surface area (Å²) in [5.41, 5.74) is 0.352. The van der Waals surface area contributed by atoms with Crippen molar-refractivity contribution in [3.8, 4) is 0 Å². The Bertz CT molecular complexity index is 155. The lowest BCUT2D eigenvalue weighted by Crippen LogP contribution is -2.59. The van der Waals surface area contributed by atoms with Gasteiger partial charge in [-0.2, -0.15) is 0 Å². The molecule has 0 amide bonds. The summed E-state index contributed by atoms with van der Waals surface area (Å²) in [4.78, 5) is 0. The minimum Gasteiger partial charge on any atom is -0.378 e. The van der Waals surface area contributed by atoms with Gasteiger partial charge in [0.25, 0.3) is 0 Å². The molecule has 0 bridgehead atoms. The first-order chi connectivity index (χ1) is 6.37. The van der Waals surface area contributed by atoms with E-state index in [-0.39, 0.29) is 0 Å². The number of rotatable bonds is 1. The molecule has 0 aromatic heterocycles. The highest BCUT2D eigenvalue weighted by Crippen LogP contribution is 2.36. The summed E-state index contributed by atoms with van der Waals surface area (Å²) in [6, 6.07) is 0. The molecule has 1 spiro atoms. The van der Waals surface area contributed by atoms with Gasteiger partial charge in [0, 0.05) is 12.1 Å². The lowest BCUT2D eigenvalue weighted by atomic mass is 9.71. The van der Waals surface area contributed by atoms with Crippen molar-refractivity contribution in [1.82, 2.24) is 5.32 Å². The second kappa shape index (κ2) is 3.97. The predicted molar refractivity (Wildman–Crippen MR) is 53.8 cm³/mol.